The van der Waals surface area contributed by atoms with Gasteiger partial charge in [0.05, 0.1) is 18.2 Å². The minimum atomic E-state index is -0.129. The molecule has 0 bridgehead atoms. The number of ether oxygens (including phenoxy) is 1. The zero-order chi connectivity index (χ0) is 18.7. The molecule has 0 radical (unpaired) electrons. The number of pyridine rings is 1. The van der Waals surface area contributed by atoms with Crippen molar-refractivity contribution in [2.45, 2.75) is 32.7 Å². The number of nitrogens with one attached hydrogen (secondary N) is 1. The number of fused-ring (bicyclic) bond motifs is 1. The molecule has 1 saturated heterocycles. The summed E-state index contributed by atoms with van der Waals surface area (Å²) in [4.78, 5) is 31.2. The van der Waals surface area contributed by atoms with Gasteiger partial charge in [0.2, 0.25) is 11.8 Å². The third-order valence-corrected chi connectivity index (χ3v) is 4.78. The first-order valence-corrected chi connectivity index (χ1v) is 9.03. The van der Waals surface area contributed by atoms with E-state index in [0.717, 1.165) is 23.7 Å². The van der Waals surface area contributed by atoms with Crippen LogP contribution in [0.15, 0.2) is 30.3 Å². The lowest BCUT2D eigenvalue weighted by atomic mass is 10.0. The van der Waals surface area contributed by atoms with E-state index in [1.807, 2.05) is 43.0 Å². The minimum absolute atomic E-state index is 0.0109. The number of hydrogen-bond acceptors (Lipinski definition) is 4. The summed E-state index contributed by atoms with van der Waals surface area (Å²) >= 11 is 0. The van der Waals surface area contributed by atoms with Gasteiger partial charge in [-0.1, -0.05) is 32.0 Å². The van der Waals surface area contributed by atoms with Crippen LogP contribution in [-0.2, 0) is 4.79 Å². The Bertz CT molecular complexity index is 811. The normalized spacial score (nSPS) is 15.3. The lowest BCUT2D eigenvalue weighted by molar-refractivity contribution is -0.135. The fourth-order valence-electron chi connectivity index (χ4n) is 3.32. The molecule has 0 aliphatic carbocycles. The van der Waals surface area contributed by atoms with Gasteiger partial charge in [-0.15, -0.1) is 0 Å². The van der Waals surface area contributed by atoms with Crippen molar-refractivity contribution in [1.82, 2.24) is 15.2 Å². The Morgan fingerprint density at radius 3 is 2.58 bits per heavy atom. The molecular weight excluding hydrogens is 330 g/mol. The van der Waals surface area contributed by atoms with Crippen LogP contribution in [0.5, 0.6) is 5.88 Å². The van der Waals surface area contributed by atoms with Crippen molar-refractivity contribution in [3.63, 3.8) is 0 Å². The molecule has 1 aliphatic heterocycles. The Hall–Kier alpha value is -2.63. The summed E-state index contributed by atoms with van der Waals surface area (Å²) in [6.45, 7) is 5.20. The van der Waals surface area contributed by atoms with Gasteiger partial charge in [-0.2, -0.15) is 0 Å². The molecule has 0 unspecified atom stereocenters. The molecule has 2 heterocycles. The van der Waals surface area contributed by atoms with Crippen molar-refractivity contribution in [3.05, 3.63) is 35.9 Å². The predicted octanol–water partition coefficient (Wildman–Crippen LogP) is 2.62. The van der Waals surface area contributed by atoms with Crippen LogP contribution < -0.4 is 10.1 Å². The summed E-state index contributed by atoms with van der Waals surface area (Å²) in [5, 5.41) is 3.91. The van der Waals surface area contributed by atoms with Crippen molar-refractivity contribution in [1.29, 1.82) is 0 Å². The van der Waals surface area contributed by atoms with Crippen LogP contribution in [0.25, 0.3) is 10.9 Å². The molecule has 2 aromatic rings. The van der Waals surface area contributed by atoms with Crippen molar-refractivity contribution in [3.8, 4) is 5.88 Å². The Balaban J connectivity index is 1.71. The average Bonchev–Trinajstić information content (AvgIpc) is 2.66. The van der Waals surface area contributed by atoms with E-state index in [2.05, 4.69) is 10.3 Å². The molecule has 0 atom stereocenters. The third-order valence-electron chi connectivity index (χ3n) is 4.78. The van der Waals surface area contributed by atoms with Crippen molar-refractivity contribution < 1.29 is 14.3 Å². The number of nitrogens with zero attached hydrogens (tertiary/aromatic N) is 2. The van der Waals surface area contributed by atoms with Crippen LogP contribution in [0.3, 0.4) is 0 Å². The lowest BCUT2D eigenvalue weighted by Crippen LogP contribution is -2.47. The first-order chi connectivity index (χ1) is 12.5. The van der Waals surface area contributed by atoms with Gasteiger partial charge in [0.25, 0.3) is 5.91 Å². The SMILES string of the molecule is COc1cc(C(=O)NC2CCN(C(=O)C(C)C)CC2)c2ccccc2n1. The second kappa shape index (κ2) is 7.72. The Kier molecular flexibility index (Phi) is 5.40. The fraction of sp³-hybridized carbons (Fsp3) is 0.450. The first kappa shape index (κ1) is 18.2. The summed E-state index contributed by atoms with van der Waals surface area (Å²) in [6, 6.07) is 9.28. The van der Waals surface area contributed by atoms with Gasteiger partial charge >= 0.3 is 0 Å². The molecule has 0 saturated carbocycles. The van der Waals surface area contributed by atoms with E-state index in [4.69, 9.17) is 4.74 Å². The van der Waals surface area contributed by atoms with Crippen LogP contribution >= 0.6 is 0 Å². The standard InChI is InChI=1S/C20H25N3O3/c1-13(2)20(25)23-10-8-14(9-11-23)21-19(24)16-12-18(26-3)22-17-7-5-4-6-15(16)17/h4-7,12-14H,8-11H2,1-3H3,(H,21,24). The van der Waals surface area contributed by atoms with Gasteiger partial charge in [0.15, 0.2) is 0 Å². The fourth-order valence-corrected chi connectivity index (χ4v) is 3.32. The van der Waals surface area contributed by atoms with E-state index in [-0.39, 0.29) is 23.8 Å². The molecule has 138 valence electrons. The molecule has 6 heteroatoms. The van der Waals surface area contributed by atoms with E-state index in [1.54, 1.807) is 13.2 Å². The number of carbonyl (C=O) groups excluding carboxylic acids is 2. The highest BCUT2D eigenvalue weighted by molar-refractivity contribution is 6.06. The van der Waals surface area contributed by atoms with Gasteiger partial charge in [0, 0.05) is 36.5 Å². The maximum atomic E-state index is 12.8. The highest BCUT2D eigenvalue weighted by atomic mass is 16.5. The van der Waals surface area contributed by atoms with Crippen LogP contribution in [0.4, 0.5) is 0 Å². The molecule has 1 aromatic heterocycles. The van der Waals surface area contributed by atoms with Crippen LogP contribution in [0.1, 0.15) is 37.0 Å². The largest absolute Gasteiger partial charge is 0.481 e. The summed E-state index contributed by atoms with van der Waals surface area (Å²) < 4.78 is 5.23. The zero-order valence-electron chi connectivity index (χ0n) is 15.5. The second-order valence-electron chi connectivity index (χ2n) is 6.96. The topological polar surface area (TPSA) is 71.5 Å². The molecule has 1 N–H and O–H groups in total. The van der Waals surface area contributed by atoms with Gasteiger partial charge in [0.1, 0.15) is 0 Å². The highest BCUT2D eigenvalue weighted by Crippen LogP contribution is 2.22. The molecule has 1 aromatic carbocycles. The lowest BCUT2D eigenvalue weighted by Gasteiger charge is -2.33. The predicted molar refractivity (Wildman–Crippen MR) is 100 cm³/mol. The molecule has 0 spiro atoms. The molecule has 3 rings (SSSR count). The number of aromatic nitrogens is 1. The van der Waals surface area contributed by atoms with E-state index in [1.165, 1.54) is 0 Å². The van der Waals surface area contributed by atoms with Gasteiger partial charge in [-0.3, -0.25) is 9.59 Å². The summed E-state index contributed by atoms with van der Waals surface area (Å²) in [6.07, 6.45) is 1.54. The van der Waals surface area contributed by atoms with Crippen LogP contribution in [-0.4, -0.2) is 47.9 Å². The molecule has 1 fully saturated rings. The smallest absolute Gasteiger partial charge is 0.252 e. The molecule has 1 aliphatic rings. The molecule has 2 amide bonds. The quantitative estimate of drug-likeness (QED) is 0.915. The number of rotatable bonds is 4. The van der Waals surface area contributed by atoms with E-state index < -0.39 is 0 Å². The number of benzene rings is 1. The van der Waals surface area contributed by atoms with Crippen molar-refractivity contribution in [2.75, 3.05) is 20.2 Å². The Labute approximate surface area is 153 Å². The van der Waals surface area contributed by atoms with Gasteiger partial charge in [-0.05, 0) is 18.9 Å². The Morgan fingerprint density at radius 1 is 1.23 bits per heavy atom. The molecule has 26 heavy (non-hydrogen) atoms. The summed E-state index contributed by atoms with van der Waals surface area (Å²) in [7, 11) is 1.54. The van der Waals surface area contributed by atoms with Crippen molar-refractivity contribution >= 4 is 22.7 Å². The third kappa shape index (κ3) is 3.79. The number of methoxy groups -OCH3 is 1. The number of likely N-dealkylation sites (tertiary alicyclic amines) is 1. The maximum absolute atomic E-state index is 12.8. The number of piperidine rings is 1. The second-order valence-corrected chi connectivity index (χ2v) is 6.96. The summed E-state index contributed by atoms with van der Waals surface area (Å²) in [5.41, 5.74) is 1.29. The maximum Gasteiger partial charge on any atom is 0.252 e. The van der Waals surface area contributed by atoms with Crippen LogP contribution in [0.2, 0.25) is 0 Å². The molecular formula is C20H25N3O3. The van der Waals surface area contributed by atoms with E-state index >= 15 is 0 Å². The summed E-state index contributed by atoms with van der Waals surface area (Å²) in [5.74, 6) is 0.484. The van der Waals surface area contributed by atoms with Gasteiger partial charge in [-0.25, -0.2) is 4.98 Å². The van der Waals surface area contributed by atoms with Crippen LogP contribution in [0, 0.1) is 5.92 Å². The van der Waals surface area contributed by atoms with E-state index in [9.17, 15) is 9.59 Å². The Morgan fingerprint density at radius 2 is 1.92 bits per heavy atom. The van der Waals surface area contributed by atoms with Crippen molar-refractivity contribution in [2.24, 2.45) is 5.92 Å². The average molecular weight is 355 g/mol. The molecule has 6 nitrogen and oxygen atoms in total. The minimum Gasteiger partial charge on any atom is -0.481 e. The number of hydrogen-bond donors (Lipinski definition) is 1. The van der Waals surface area contributed by atoms with E-state index in [0.29, 0.717) is 24.5 Å². The first-order valence-electron chi connectivity index (χ1n) is 9.03. The number of para-hydroxylation sites is 1. The number of carbonyl (C=O) groups is 2. The van der Waals surface area contributed by atoms with Gasteiger partial charge < -0.3 is 15.0 Å². The monoisotopic (exact) mass is 355 g/mol. The highest BCUT2D eigenvalue weighted by Gasteiger charge is 2.26. The zero-order valence-corrected chi connectivity index (χ0v) is 15.5. The number of amides is 2.